The van der Waals surface area contributed by atoms with E-state index in [-0.39, 0.29) is 6.10 Å². The van der Waals surface area contributed by atoms with Crippen LogP contribution in [-0.4, -0.2) is 11.2 Å². The van der Waals surface area contributed by atoms with Gasteiger partial charge >= 0.3 is 0 Å². The van der Waals surface area contributed by atoms with Crippen LogP contribution in [0.5, 0.6) is 0 Å². The van der Waals surface area contributed by atoms with E-state index >= 15 is 0 Å². The molecule has 0 spiro atoms. The summed E-state index contributed by atoms with van der Waals surface area (Å²) in [6.45, 7) is 9.60. The van der Waals surface area contributed by atoms with Crippen molar-refractivity contribution in [3.63, 3.8) is 0 Å². The summed E-state index contributed by atoms with van der Waals surface area (Å²) in [5.74, 6) is 3.51. The maximum atomic E-state index is 9.75. The molecule has 17 heavy (non-hydrogen) atoms. The number of aliphatic hydroxyl groups is 1. The Labute approximate surface area is 107 Å². The number of aliphatic hydroxyl groups excluding tert-OH is 1. The highest BCUT2D eigenvalue weighted by Gasteiger charge is 2.38. The molecule has 0 aliphatic heterocycles. The first-order valence-corrected chi connectivity index (χ1v) is 7.56. The van der Waals surface area contributed by atoms with Crippen molar-refractivity contribution in [2.24, 2.45) is 29.1 Å². The number of hydrogen-bond donors (Lipinski definition) is 1. The van der Waals surface area contributed by atoms with Crippen molar-refractivity contribution in [1.29, 1.82) is 0 Å². The summed E-state index contributed by atoms with van der Waals surface area (Å²) in [7, 11) is 0. The lowest BCUT2D eigenvalue weighted by molar-refractivity contribution is 0.0135. The number of hydrogen-bond acceptors (Lipinski definition) is 1. The minimum atomic E-state index is 0.00726. The molecule has 100 valence electrons. The third-order valence-electron chi connectivity index (χ3n) is 5.70. The Morgan fingerprint density at radius 3 is 2.18 bits per heavy atom. The molecule has 0 aromatic rings. The second-order valence-electron chi connectivity index (χ2n) is 7.71. The molecule has 0 amide bonds. The summed E-state index contributed by atoms with van der Waals surface area (Å²) in [6, 6.07) is 0. The Bertz CT molecular complexity index is 253. The highest BCUT2D eigenvalue weighted by atomic mass is 16.3. The summed E-state index contributed by atoms with van der Waals surface area (Å²) in [4.78, 5) is 0. The fourth-order valence-electron chi connectivity index (χ4n) is 4.06. The van der Waals surface area contributed by atoms with Gasteiger partial charge in [-0.1, -0.05) is 27.7 Å². The van der Waals surface area contributed by atoms with E-state index in [0.717, 1.165) is 36.5 Å². The third kappa shape index (κ3) is 3.05. The number of fused-ring (bicyclic) bond motifs is 1. The lowest BCUT2D eigenvalue weighted by Crippen LogP contribution is -2.37. The van der Waals surface area contributed by atoms with Gasteiger partial charge in [0.25, 0.3) is 0 Å². The Kier molecular flexibility index (Phi) is 3.87. The van der Waals surface area contributed by atoms with Gasteiger partial charge in [-0.2, -0.15) is 0 Å². The van der Waals surface area contributed by atoms with Crippen molar-refractivity contribution in [2.45, 2.75) is 72.3 Å². The van der Waals surface area contributed by atoms with Gasteiger partial charge in [0.05, 0.1) is 6.10 Å². The molecule has 2 rings (SSSR count). The van der Waals surface area contributed by atoms with Crippen molar-refractivity contribution >= 4 is 0 Å². The van der Waals surface area contributed by atoms with E-state index in [4.69, 9.17) is 0 Å². The van der Waals surface area contributed by atoms with Crippen molar-refractivity contribution in [2.75, 3.05) is 0 Å². The molecule has 1 nitrogen and oxygen atoms in total. The van der Waals surface area contributed by atoms with Crippen LogP contribution < -0.4 is 0 Å². The first-order chi connectivity index (χ1) is 7.88. The van der Waals surface area contributed by atoms with Gasteiger partial charge in [0.15, 0.2) is 0 Å². The van der Waals surface area contributed by atoms with Crippen LogP contribution in [0.15, 0.2) is 0 Å². The van der Waals surface area contributed by atoms with E-state index in [1.54, 1.807) is 0 Å². The van der Waals surface area contributed by atoms with Crippen LogP contribution in [0.3, 0.4) is 0 Å². The van der Waals surface area contributed by atoms with Crippen LogP contribution in [0, 0.1) is 29.1 Å². The molecule has 5 atom stereocenters. The molecule has 1 heteroatoms. The quantitative estimate of drug-likeness (QED) is 0.724. The average molecular weight is 238 g/mol. The largest absolute Gasteiger partial charge is 0.393 e. The second-order valence-corrected chi connectivity index (χ2v) is 7.71. The molecule has 5 unspecified atom stereocenters. The standard InChI is InChI=1S/C16H30O/c1-11(16(2,3)4)12-5-6-14-10-15(17)8-7-13(14)9-12/h11-15,17H,5-10H2,1-4H3. The van der Waals surface area contributed by atoms with Gasteiger partial charge in [-0.25, -0.2) is 0 Å². The zero-order chi connectivity index (χ0) is 12.6. The van der Waals surface area contributed by atoms with Crippen molar-refractivity contribution in [3.8, 4) is 0 Å². The van der Waals surface area contributed by atoms with E-state index in [1.807, 2.05) is 0 Å². The van der Waals surface area contributed by atoms with Crippen molar-refractivity contribution < 1.29 is 5.11 Å². The summed E-state index contributed by atoms with van der Waals surface area (Å²) >= 11 is 0. The number of rotatable bonds is 1. The molecule has 0 heterocycles. The minimum Gasteiger partial charge on any atom is -0.393 e. The van der Waals surface area contributed by atoms with Crippen LogP contribution in [-0.2, 0) is 0 Å². The molecule has 2 aliphatic carbocycles. The van der Waals surface area contributed by atoms with Crippen LogP contribution in [0.4, 0.5) is 0 Å². The lowest BCUT2D eigenvalue weighted by atomic mass is 9.61. The van der Waals surface area contributed by atoms with Gasteiger partial charge in [0, 0.05) is 0 Å². The molecule has 0 radical (unpaired) electrons. The average Bonchev–Trinajstić information content (AvgIpc) is 2.26. The van der Waals surface area contributed by atoms with Crippen LogP contribution >= 0.6 is 0 Å². The highest BCUT2D eigenvalue weighted by Crippen LogP contribution is 2.47. The maximum Gasteiger partial charge on any atom is 0.0543 e. The van der Waals surface area contributed by atoms with Crippen LogP contribution in [0.25, 0.3) is 0 Å². The van der Waals surface area contributed by atoms with Gasteiger partial charge in [0.2, 0.25) is 0 Å². The highest BCUT2D eigenvalue weighted by molar-refractivity contribution is 4.89. The van der Waals surface area contributed by atoms with Crippen molar-refractivity contribution in [3.05, 3.63) is 0 Å². The van der Waals surface area contributed by atoms with Gasteiger partial charge in [-0.15, -0.1) is 0 Å². The SMILES string of the molecule is CC(C1CCC2CC(O)CCC2C1)C(C)(C)C. The monoisotopic (exact) mass is 238 g/mol. The molecule has 0 aromatic heterocycles. The second kappa shape index (κ2) is 4.91. The molecule has 0 aromatic carbocycles. The zero-order valence-electron chi connectivity index (χ0n) is 12.1. The maximum absolute atomic E-state index is 9.75. The fraction of sp³-hybridized carbons (Fsp3) is 1.00. The molecule has 0 saturated heterocycles. The normalized spacial score (nSPS) is 40.8. The summed E-state index contributed by atoms with van der Waals surface area (Å²) < 4.78 is 0. The minimum absolute atomic E-state index is 0.00726. The predicted molar refractivity (Wildman–Crippen MR) is 72.8 cm³/mol. The Hall–Kier alpha value is -0.0400. The molecular formula is C16H30O. The molecule has 2 saturated carbocycles. The predicted octanol–water partition coefficient (Wildman–Crippen LogP) is 4.25. The topological polar surface area (TPSA) is 20.2 Å². The first-order valence-electron chi connectivity index (χ1n) is 7.56. The zero-order valence-corrected chi connectivity index (χ0v) is 12.1. The molecule has 1 N–H and O–H groups in total. The molecule has 2 aliphatic rings. The Morgan fingerprint density at radius 1 is 0.941 bits per heavy atom. The smallest absolute Gasteiger partial charge is 0.0543 e. The molecule has 0 bridgehead atoms. The molecular weight excluding hydrogens is 208 g/mol. The Morgan fingerprint density at radius 2 is 1.53 bits per heavy atom. The van der Waals surface area contributed by atoms with Gasteiger partial charge in [-0.3, -0.25) is 0 Å². The summed E-state index contributed by atoms with van der Waals surface area (Å²) in [5, 5.41) is 9.75. The lowest BCUT2D eigenvalue weighted by Gasteiger charge is -2.45. The fourth-order valence-corrected chi connectivity index (χ4v) is 4.06. The van der Waals surface area contributed by atoms with E-state index in [2.05, 4.69) is 27.7 Å². The van der Waals surface area contributed by atoms with Crippen LogP contribution in [0.1, 0.15) is 66.2 Å². The van der Waals surface area contributed by atoms with Gasteiger partial charge in [0.1, 0.15) is 0 Å². The van der Waals surface area contributed by atoms with E-state index < -0.39 is 0 Å². The van der Waals surface area contributed by atoms with E-state index in [0.29, 0.717) is 5.41 Å². The van der Waals surface area contributed by atoms with Gasteiger partial charge < -0.3 is 5.11 Å². The van der Waals surface area contributed by atoms with Gasteiger partial charge in [-0.05, 0) is 67.6 Å². The van der Waals surface area contributed by atoms with Crippen molar-refractivity contribution in [1.82, 2.24) is 0 Å². The van der Waals surface area contributed by atoms with E-state index in [1.165, 1.54) is 25.7 Å². The Balaban J connectivity index is 1.94. The summed E-state index contributed by atoms with van der Waals surface area (Å²) in [6.07, 6.45) is 7.61. The van der Waals surface area contributed by atoms with E-state index in [9.17, 15) is 5.11 Å². The third-order valence-corrected chi connectivity index (χ3v) is 5.70. The van der Waals surface area contributed by atoms with Crippen LogP contribution in [0.2, 0.25) is 0 Å². The molecule has 2 fully saturated rings. The first kappa shape index (κ1) is 13.4. The summed E-state index contributed by atoms with van der Waals surface area (Å²) in [5.41, 5.74) is 0.450.